The van der Waals surface area contributed by atoms with E-state index in [-0.39, 0.29) is 28.4 Å². The SMILES string of the molecule is CC(C)CCCCCCCN=C(N)NC(=O)c1nc(Cl)c(N)nc1N. The van der Waals surface area contributed by atoms with E-state index in [1.807, 2.05) is 0 Å². The molecule has 1 rings (SSSR count). The molecular formula is C16H28ClN7O. The number of guanidine groups is 1. The van der Waals surface area contributed by atoms with Crippen LogP contribution in [0.1, 0.15) is 62.9 Å². The second-order valence-electron chi connectivity index (χ2n) is 6.30. The first kappa shape index (κ1) is 21.0. The molecule has 1 aromatic heterocycles. The average Bonchev–Trinajstić information content (AvgIpc) is 2.53. The minimum absolute atomic E-state index is 0.0129. The van der Waals surface area contributed by atoms with E-state index in [9.17, 15) is 4.79 Å². The van der Waals surface area contributed by atoms with E-state index in [0.717, 1.165) is 18.8 Å². The highest BCUT2D eigenvalue weighted by Gasteiger charge is 2.16. The summed E-state index contributed by atoms with van der Waals surface area (Å²) in [5.74, 6) is 0.00260. The molecule has 0 radical (unpaired) electrons. The smallest absolute Gasteiger partial charge is 0.280 e. The first-order valence-corrected chi connectivity index (χ1v) is 8.88. The van der Waals surface area contributed by atoms with Crippen molar-refractivity contribution in [2.45, 2.75) is 52.4 Å². The predicted molar refractivity (Wildman–Crippen MR) is 102 cm³/mol. The van der Waals surface area contributed by atoms with Crippen LogP contribution in [0.5, 0.6) is 0 Å². The number of nitrogen functional groups attached to an aromatic ring is 2. The van der Waals surface area contributed by atoms with Crippen LogP contribution in [-0.4, -0.2) is 28.4 Å². The standard InChI is InChI=1S/C16H28ClN7O/c1-10(2)8-6-4-3-5-7-9-21-16(20)24-15(25)11-13(18)23-14(19)12(17)22-11/h10H,3-9H2,1-2H3,(H4,18,19,23)(H3,20,21,24,25). The van der Waals surface area contributed by atoms with E-state index in [1.54, 1.807) is 0 Å². The van der Waals surface area contributed by atoms with Gasteiger partial charge in [0.25, 0.3) is 5.91 Å². The summed E-state index contributed by atoms with van der Waals surface area (Å²) in [6, 6.07) is 0. The van der Waals surface area contributed by atoms with Gasteiger partial charge in [0.1, 0.15) is 0 Å². The third-order valence-electron chi connectivity index (χ3n) is 3.58. The Morgan fingerprint density at radius 3 is 2.44 bits per heavy atom. The molecule has 0 unspecified atom stereocenters. The van der Waals surface area contributed by atoms with Crippen molar-refractivity contribution in [3.05, 3.63) is 10.8 Å². The fraction of sp³-hybridized carbons (Fsp3) is 0.625. The Kier molecular flexibility index (Phi) is 8.98. The maximum Gasteiger partial charge on any atom is 0.280 e. The van der Waals surface area contributed by atoms with Gasteiger partial charge >= 0.3 is 0 Å². The van der Waals surface area contributed by atoms with Crippen LogP contribution in [-0.2, 0) is 0 Å². The lowest BCUT2D eigenvalue weighted by molar-refractivity contribution is 0.0972. The number of nitrogens with zero attached hydrogens (tertiary/aromatic N) is 3. The van der Waals surface area contributed by atoms with Crippen molar-refractivity contribution in [2.75, 3.05) is 18.0 Å². The third-order valence-corrected chi connectivity index (χ3v) is 3.86. The van der Waals surface area contributed by atoms with E-state index < -0.39 is 5.91 Å². The lowest BCUT2D eigenvalue weighted by Gasteiger charge is -2.07. The number of unbranched alkanes of at least 4 members (excludes halogenated alkanes) is 4. The molecule has 0 fully saturated rings. The van der Waals surface area contributed by atoms with Gasteiger partial charge in [-0.2, -0.15) is 0 Å². The van der Waals surface area contributed by atoms with Crippen molar-refractivity contribution < 1.29 is 4.79 Å². The van der Waals surface area contributed by atoms with Gasteiger partial charge in [0, 0.05) is 6.54 Å². The number of anilines is 2. The van der Waals surface area contributed by atoms with Crippen molar-refractivity contribution in [1.29, 1.82) is 0 Å². The van der Waals surface area contributed by atoms with Crippen LogP contribution in [0.3, 0.4) is 0 Å². The van der Waals surface area contributed by atoms with Gasteiger partial charge in [-0.25, -0.2) is 9.97 Å². The van der Waals surface area contributed by atoms with Crippen molar-refractivity contribution >= 4 is 35.1 Å². The van der Waals surface area contributed by atoms with Gasteiger partial charge in [0.15, 0.2) is 28.4 Å². The second-order valence-corrected chi connectivity index (χ2v) is 6.66. The molecule has 9 heteroatoms. The number of hydrogen-bond acceptors (Lipinski definition) is 6. The Bertz CT molecular complexity index is 604. The topological polar surface area (TPSA) is 145 Å². The summed E-state index contributed by atoms with van der Waals surface area (Å²) in [5.41, 5.74) is 16.6. The summed E-state index contributed by atoms with van der Waals surface area (Å²) in [4.78, 5) is 23.7. The van der Waals surface area contributed by atoms with E-state index in [0.29, 0.717) is 6.54 Å². The van der Waals surface area contributed by atoms with Gasteiger partial charge in [0.05, 0.1) is 0 Å². The molecule has 1 amide bonds. The molecule has 140 valence electrons. The van der Waals surface area contributed by atoms with Crippen molar-refractivity contribution in [1.82, 2.24) is 15.3 Å². The van der Waals surface area contributed by atoms with E-state index in [2.05, 4.69) is 34.1 Å². The Balaban J connectivity index is 2.33. The number of carbonyl (C=O) groups is 1. The van der Waals surface area contributed by atoms with Crippen LogP contribution < -0.4 is 22.5 Å². The maximum absolute atomic E-state index is 12.0. The number of halogens is 1. The van der Waals surface area contributed by atoms with Gasteiger partial charge < -0.3 is 17.2 Å². The Morgan fingerprint density at radius 1 is 1.12 bits per heavy atom. The summed E-state index contributed by atoms with van der Waals surface area (Å²) >= 11 is 5.74. The zero-order valence-corrected chi connectivity index (χ0v) is 15.6. The first-order valence-electron chi connectivity index (χ1n) is 8.51. The quantitative estimate of drug-likeness (QED) is 0.298. The van der Waals surface area contributed by atoms with Crippen molar-refractivity contribution in [2.24, 2.45) is 16.6 Å². The number of hydrogen-bond donors (Lipinski definition) is 4. The molecule has 0 spiro atoms. The summed E-state index contributed by atoms with van der Waals surface area (Å²) in [6.45, 7) is 5.03. The maximum atomic E-state index is 12.0. The number of nitrogens with one attached hydrogen (secondary N) is 1. The lowest BCUT2D eigenvalue weighted by atomic mass is 10.0. The molecule has 7 N–H and O–H groups in total. The van der Waals surface area contributed by atoms with Crippen LogP contribution in [0.25, 0.3) is 0 Å². The molecule has 1 aromatic rings. The highest BCUT2D eigenvalue weighted by molar-refractivity contribution is 6.31. The van der Waals surface area contributed by atoms with Crippen LogP contribution in [0.4, 0.5) is 11.6 Å². The van der Waals surface area contributed by atoms with Gasteiger partial charge in [-0.1, -0.05) is 57.6 Å². The summed E-state index contributed by atoms with van der Waals surface area (Å²) < 4.78 is 0. The number of rotatable bonds is 9. The first-order chi connectivity index (χ1) is 11.8. The van der Waals surface area contributed by atoms with Crippen LogP contribution >= 0.6 is 11.6 Å². The molecule has 0 bridgehead atoms. The Hall–Kier alpha value is -2.09. The molecule has 25 heavy (non-hydrogen) atoms. The van der Waals surface area contributed by atoms with Crippen LogP contribution in [0, 0.1) is 5.92 Å². The largest absolute Gasteiger partial charge is 0.382 e. The monoisotopic (exact) mass is 369 g/mol. The van der Waals surface area contributed by atoms with E-state index >= 15 is 0 Å². The minimum Gasteiger partial charge on any atom is -0.382 e. The second kappa shape index (κ2) is 10.7. The number of carbonyl (C=O) groups excluding carboxylic acids is 1. The molecule has 0 saturated heterocycles. The fourth-order valence-corrected chi connectivity index (χ4v) is 2.34. The number of amides is 1. The predicted octanol–water partition coefficient (Wildman–Crippen LogP) is 2.34. The summed E-state index contributed by atoms with van der Waals surface area (Å²) in [5, 5.41) is 2.32. The Labute approximate surface area is 153 Å². The van der Waals surface area contributed by atoms with Crippen molar-refractivity contribution in [3.8, 4) is 0 Å². The highest BCUT2D eigenvalue weighted by Crippen LogP contribution is 2.17. The van der Waals surface area contributed by atoms with Gasteiger partial charge in [-0.15, -0.1) is 0 Å². The molecule has 0 atom stereocenters. The molecule has 0 aliphatic carbocycles. The summed E-state index contributed by atoms with van der Waals surface area (Å²) in [7, 11) is 0. The summed E-state index contributed by atoms with van der Waals surface area (Å²) in [6.07, 6.45) is 6.99. The number of nitrogens with two attached hydrogens (primary N) is 3. The molecule has 1 heterocycles. The van der Waals surface area contributed by atoms with Crippen LogP contribution in [0.2, 0.25) is 5.15 Å². The average molecular weight is 370 g/mol. The lowest BCUT2D eigenvalue weighted by Crippen LogP contribution is -2.38. The highest BCUT2D eigenvalue weighted by atomic mass is 35.5. The number of aliphatic imine (C=N–C) groups is 1. The molecule has 0 aliphatic heterocycles. The van der Waals surface area contributed by atoms with Crippen LogP contribution in [0.15, 0.2) is 4.99 Å². The molecule has 8 nitrogen and oxygen atoms in total. The molecule has 0 aromatic carbocycles. The molecule has 0 saturated carbocycles. The van der Waals surface area contributed by atoms with E-state index in [1.165, 1.54) is 25.7 Å². The zero-order chi connectivity index (χ0) is 18.8. The minimum atomic E-state index is -0.623. The Morgan fingerprint density at radius 2 is 1.76 bits per heavy atom. The van der Waals surface area contributed by atoms with Gasteiger partial charge in [-0.3, -0.25) is 15.1 Å². The molecule has 0 aliphatic rings. The van der Waals surface area contributed by atoms with E-state index in [4.69, 9.17) is 28.8 Å². The fourth-order valence-electron chi connectivity index (χ4n) is 2.22. The van der Waals surface area contributed by atoms with Crippen molar-refractivity contribution in [3.63, 3.8) is 0 Å². The number of aromatic nitrogens is 2. The third kappa shape index (κ3) is 8.02. The van der Waals surface area contributed by atoms with Gasteiger partial charge in [0.2, 0.25) is 0 Å². The normalized spacial score (nSPS) is 11.8. The van der Waals surface area contributed by atoms with Gasteiger partial charge in [-0.05, 0) is 12.3 Å². The zero-order valence-electron chi connectivity index (χ0n) is 14.9. The molecular weight excluding hydrogens is 342 g/mol.